The summed E-state index contributed by atoms with van der Waals surface area (Å²) in [5.41, 5.74) is 0.661. The van der Waals surface area contributed by atoms with E-state index in [1.165, 1.54) is 12.8 Å². The van der Waals surface area contributed by atoms with Crippen molar-refractivity contribution >= 4 is 11.7 Å². The van der Waals surface area contributed by atoms with E-state index in [-0.39, 0.29) is 5.91 Å². The normalized spacial score (nSPS) is 19.6. The first-order chi connectivity index (χ1) is 9.70. The zero-order valence-electron chi connectivity index (χ0n) is 12.4. The van der Waals surface area contributed by atoms with Crippen molar-refractivity contribution in [1.82, 2.24) is 15.2 Å². The minimum absolute atomic E-state index is 0.0227. The van der Waals surface area contributed by atoms with Gasteiger partial charge in [-0.15, -0.1) is 0 Å². The van der Waals surface area contributed by atoms with Crippen LogP contribution in [0, 0.1) is 0 Å². The molecule has 1 atom stereocenters. The Kier molecular flexibility index (Phi) is 5.35. The number of anilines is 1. The van der Waals surface area contributed by atoms with Crippen LogP contribution in [-0.4, -0.2) is 48.5 Å². The number of nitrogens with zero attached hydrogens (tertiary/aromatic N) is 2. The predicted octanol–water partition coefficient (Wildman–Crippen LogP) is 1.73. The third-order valence-electron chi connectivity index (χ3n) is 3.80. The third-order valence-corrected chi connectivity index (χ3v) is 3.80. The molecule has 0 aromatic carbocycles. The molecule has 0 aliphatic carbocycles. The summed E-state index contributed by atoms with van der Waals surface area (Å²) in [5, 5.41) is 6.15. The second-order valence-electron chi connectivity index (χ2n) is 5.30. The van der Waals surface area contributed by atoms with Gasteiger partial charge >= 0.3 is 0 Å². The molecule has 1 aromatic rings. The lowest BCUT2D eigenvalue weighted by atomic mass is 10.0. The van der Waals surface area contributed by atoms with Crippen molar-refractivity contribution in [3.63, 3.8) is 0 Å². The van der Waals surface area contributed by atoms with Crippen LogP contribution in [0.1, 0.15) is 36.5 Å². The van der Waals surface area contributed by atoms with E-state index in [0.29, 0.717) is 18.2 Å². The minimum Gasteiger partial charge on any atom is -0.370 e. The molecule has 1 fully saturated rings. The number of rotatable bonds is 5. The summed E-state index contributed by atoms with van der Waals surface area (Å²) in [6.07, 6.45) is 5.34. The summed E-state index contributed by atoms with van der Waals surface area (Å²) in [7, 11) is 2.13. The third kappa shape index (κ3) is 3.93. The van der Waals surface area contributed by atoms with E-state index in [1.54, 1.807) is 18.3 Å². The standard InChI is InChI=1S/C15H24N4O/c1-3-16-14-10-12(7-8-17-14)15(20)18-11-13-6-4-5-9-19(13)2/h7-8,10,13H,3-6,9,11H2,1-2H3,(H,16,17)(H,18,20). The maximum Gasteiger partial charge on any atom is 0.251 e. The van der Waals surface area contributed by atoms with E-state index in [1.807, 2.05) is 6.92 Å². The molecule has 5 heteroatoms. The van der Waals surface area contributed by atoms with Gasteiger partial charge in [-0.3, -0.25) is 4.79 Å². The molecule has 1 saturated heterocycles. The molecule has 1 aliphatic rings. The van der Waals surface area contributed by atoms with Crippen molar-refractivity contribution < 1.29 is 4.79 Å². The van der Waals surface area contributed by atoms with Crippen LogP contribution < -0.4 is 10.6 Å². The van der Waals surface area contributed by atoms with Gasteiger partial charge in [0.25, 0.3) is 5.91 Å². The van der Waals surface area contributed by atoms with Gasteiger partial charge in [-0.1, -0.05) is 6.42 Å². The van der Waals surface area contributed by atoms with Crippen LogP contribution in [0.4, 0.5) is 5.82 Å². The smallest absolute Gasteiger partial charge is 0.251 e. The number of hydrogen-bond acceptors (Lipinski definition) is 4. The number of carbonyl (C=O) groups excluding carboxylic acids is 1. The van der Waals surface area contributed by atoms with E-state index in [0.717, 1.165) is 25.3 Å². The first kappa shape index (κ1) is 14.8. The van der Waals surface area contributed by atoms with Gasteiger partial charge in [-0.2, -0.15) is 0 Å². The number of carbonyl (C=O) groups is 1. The molecule has 0 radical (unpaired) electrons. The Labute approximate surface area is 120 Å². The molecule has 20 heavy (non-hydrogen) atoms. The van der Waals surface area contributed by atoms with Crippen LogP contribution in [0.5, 0.6) is 0 Å². The number of aromatic nitrogens is 1. The number of hydrogen-bond donors (Lipinski definition) is 2. The monoisotopic (exact) mass is 276 g/mol. The number of pyridine rings is 1. The van der Waals surface area contributed by atoms with E-state index in [2.05, 4.69) is 27.6 Å². The molecule has 1 amide bonds. The first-order valence-corrected chi connectivity index (χ1v) is 7.39. The fourth-order valence-electron chi connectivity index (χ4n) is 2.56. The minimum atomic E-state index is -0.0227. The Balaban J connectivity index is 1.89. The van der Waals surface area contributed by atoms with Gasteiger partial charge in [0.05, 0.1) is 0 Å². The quantitative estimate of drug-likeness (QED) is 0.860. The summed E-state index contributed by atoms with van der Waals surface area (Å²) in [6.45, 7) is 4.65. The maximum atomic E-state index is 12.2. The SMILES string of the molecule is CCNc1cc(C(=O)NCC2CCCCN2C)ccn1. The Morgan fingerprint density at radius 1 is 1.50 bits per heavy atom. The topological polar surface area (TPSA) is 57.3 Å². The Morgan fingerprint density at radius 3 is 3.10 bits per heavy atom. The van der Waals surface area contributed by atoms with Crippen LogP contribution in [0.2, 0.25) is 0 Å². The number of likely N-dealkylation sites (tertiary alicyclic amines) is 1. The molecule has 2 N–H and O–H groups in total. The van der Waals surface area contributed by atoms with Crippen molar-refractivity contribution in [3.8, 4) is 0 Å². The number of likely N-dealkylation sites (N-methyl/N-ethyl adjacent to an activating group) is 1. The fourth-order valence-corrected chi connectivity index (χ4v) is 2.56. The summed E-state index contributed by atoms with van der Waals surface area (Å²) >= 11 is 0. The maximum absolute atomic E-state index is 12.2. The van der Waals surface area contributed by atoms with Gasteiger partial charge in [-0.25, -0.2) is 4.98 Å². The predicted molar refractivity (Wildman–Crippen MR) is 81.0 cm³/mol. The summed E-state index contributed by atoms with van der Waals surface area (Å²) in [6, 6.07) is 4.01. The lowest BCUT2D eigenvalue weighted by Crippen LogP contribution is -2.44. The van der Waals surface area contributed by atoms with E-state index < -0.39 is 0 Å². The van der Waals surface area contributed by atoms with Gasteiger partial charge in [0, 0.05) is 30.9 Å². The average Bonchev–Trinajstić information content (AvgIpc) is 2.47. The zero-order chi connectivity index (χ0) is 14.4. The van der Waals surface area contributed by atoms with Crippen LogP contribution >= 0.6 is 0 Å². The number of nitrogens with one attached hydrogen (secondary N) is 2. The van der Waals surface area contributed by atoms with Crippen molar-refractivity contribution in [2.75, 3.05) is 32.0 Å². The van der Waals surface area contributed by atoms with Crippen molar-refractivity contribution in [3.05, 3.63) is 23.9 Å². The highest BCUT2D eigenvalue weighted by molar-refractivity contribution is 5.94. The lowest BCUT2D eigenvalue weighted by molar-refractivity contribution is 0.0928. The summed E-state index contributed by atoms with van der Waals surface area (Å²) in [4.78, 5) is 18.7. The molecule has 1 unspecified atom stereocenters. The van der Waals surface area contributed by atoms with Gasteiger partial charge in [0.15, 0.2) is 0 Å². The average molecular weight is 276 g/mol. The molecule has 0 bridgehead atoms. The van der Waals surface area contributed by atoms with Crippen LogP contribution in [0.15, 0.2) is 18.3 Å². The van der Waals surface area contributed by atoms with Gasteiger partial charge in [0.2, 0.25) is 0 Å². The van der Waals surface area contributed by atoms with Gasteiger partial charge in [-0.05, 0) is 45.5 Å². The van der Waals surface area contributed by atoms with Crippen LogP contribution in [0.25, 0.3) is 0 Å². The zero-order valence-corrected chi connectivity index (χ0v) is 12.4. The molecule has 2 rings (SSSR count). The Morgan fingerprint density at radius 2 is 2.35 bits per heavy atom. The van der Waals surface area contributed by atoms with E-state index >= 15 is 0 Å². The highest BCUT2D eigenvalue weighted by Gasteiger charge is 2.19. The highest BCUT2D eigenvalue weighted by Crippen LogP contribution is 2.14. The first-order valence-electron chi connectivity index (χ1n) is 7.39. The Hall–Kier alpha value is -1.62. The molecule has 1 aromatic heterocycles. The molecular weight excluding hydrogens is 252 g/mol. The molecule has 0 saturated carbocycles. The fraction of sp³-hybridized carbons (Fsp3) is 0.600. The van der Waals surface area contributed by atoms with E-state index in [4.69, 9.17) is 0 Å². The summed E-state index contributed by atoms with van der Waals surface area (Å²) in [5.74, 6) is 0.723. The molecule has 0 spiro atoms. The van der Waals surface area contributed by atoms with Crippen molar-refractivity contribution in [2.24, 2.45) is 0 Å². The van der Waals surface area contributed by atoms with Crippen molar-refractivity contribution in [2.45, 2.75) is 32.2 Å². The number of piperidine rings is 1. The summed E-state index contributed by atoms with van der Waals surface area (Å²) < 4.78 is 0. The highest BCUT2D eigenvalue weighted by atomic mass is 16.1. The number of amides is 1. The largest absolute Gasteiger partial charge is 0.370 e. The molecule has 2 heterocycles. The van der Waals surface area contributed by atoms with E-state index in [9.17, 15) is 4.79 Å². The van der Waals surface area contributed by atoms with Gasteiger partial charge in [0.1, 0.15) is 5.82 Å². The molecular formula is C15H24N4O. The Bertz CT molecular complexity index is 449. The second kappa shape index (κ2) is 7.24. The molecule has 110 valence electrons. The molecule has 5 nitrogen and oxygen atoms in total. The lowest BCUT2D eigenvalue weighted by Gasteiger charge is -2.32. The second-order valence-corrected chi connectivity index (χ2v) is 5.30. The van der Waals surface area contributed by atoms with Crippen molar-refractivity contribution in [1.29, 1.82) is 0 Å². The van der Waals surface area contributed by atoms with Gasteiger partial charge < -0.3 is 15.5 Å². The molecule has 1 aliphatic heterocycles. The van der Waals surface area contributed by atoms with Crippen LogP contribution in [-0.2, 0) is 0 Å². The van der Waals surface area contributed by atoms with Crippen LogP contribution in [0.3, 0.4) is 0 Å².